The Labute approximate surface area is 82.4 Å². The van der Waals surface area contributed by atoms with Crippen molar-refractivity contribution in [1.82, 2.24) is 5.32 Å². The lowest BCUT2D eigenvalue weighted by molar-refractivity contribution is -0.131. The molecule has 14 heavy (non-hydrogen) atoms. The van der Waals surface area contributed by atoms with Crippen molar-refractivity contribution in [3.05, 3.63) is 12.2 Å². The average Bonchev–Trinajstić information content (AvgIpc) is 1.98. The summed E-state index contributed by atoms with van der Waals surface area (Å²) in [5.74, 6) is -1.64. The fraction of sp³-hybridized carbons (Fsp3) is 0.556. The Morgan fingerprint density at radius 2 is 1.93 bits per heavy atom. The zero-order valence-electron chi connectivity index (χ0n) is 8.23. The van der Waals surface area contributed by atoms with Crippen molar-refractivity contribution in [3.8, 4) is 0 Å². The van der Waals surface area contributed by atoms with Crippen LogP contribution in [-0.2, 0) is 9.59 Å². The van der Waals surface area contributed by atoms with Crippen molar-refractivity contribution in [2.45, 2.75) is 32.4 Å². The lowest BCUT2D eigenvalue weighted by atomic mass is 10.1. The third-order valence-corrected chi connectivity index (χ3v) is 1.46. The van der Waals surface area contributed by atoms with E-state index in [2.05, 4.69) is 5.32 Å². The second-order valence-corrected chi connectivity index (χ2v) is 3.17. The number of hydrogen-bond acceptors (Lipinski definition) is 3. The van der Waals surface area contributed by atoms with E-state index in [9.17, 15) is 9.59 Å². The highest BCUT2D eigenvalue weighted by Gasteiger charge is 2.07. The minimum absolute atomic E-state index is 0.180. The van der Waals surface area contributed by atoms with Crippen molar-refractivity contribution in [2.75, 3.05) is 0 Å². The van der Waals surface area contributed by atoms with Crippen LogP contribution in [0, 0.1) is 0 Å². The van der Waals surface area contributed by atoms with Gasteiger partial charge in [-0.2, -0.15) is 0 Å². The van der Waals surface area contributed by atoms with E-state index in [4.69, 9.17) is 10.2 Å². The predicted octanol–water partition coefficient (Wildman–Crippen LogP) is -0.0972. The van der Waals surface area contributed by atoms with Crippen LogP contribution < -0.4 is 5.32 Å². The van der Waals surface area contributed by atoms with Crippen molar-refractivity contribution < 1.29 is 19.8 Å². The Balaban J connectivity index is 3.88. The molecule has 0 aliphatic heterocycles. The maximum atomic E-state index is 11.0. The number of amides is 1. The Bertz CT molecular complexity index is 235. The summed E-state index contributed by atoms with van der Waals surface area (Å²) in [6.45, 7) is 3.36. The van der Waals surface area contributed by atoms with Crippen molar-refractivity contribution in [2.24, 2.45) is 0 Å². The van der Waals surface area contributed by atoms with Crippen molar-refractivity contribution >= 4 is 11.9 Å². The largest absolute Gasteiger partial charge is 0.478 e. The number of carboxylic acid groups (broad SMARTS) is 1. The highest BCUT2D eigenvalue weighted by atomic mass is 16.4. The van der Waals surface area contributed by atoms with E-state index in [0.717, 1.165) is 12.2 Å². The Kier molecular flexibility index (Phi) is 5.55. The van der Waals surface area contributed by atoms with Crippen LogP contribution in [0.2, 0.25) is 0 Å². The van der Waals surface area contributed by atoms with Crippen LogP contribution in [0.1, 0.15) is 20.3 Å². The molecular formula is C9H15NO4. The summed E-state index contributed by atoms with van der Waals surface area (Å²) in [5, 5.41) is 19.7. The average molecular weight is 201 g/mol. The second-order valence-electron chi connectivity index (χ2n) is 3.17. The number of aliphatic hydroxyl groups is 1. The van der Waals surface area contributed by atoms with Gasteiger partial charge in [-0.15, -0.1) is 0 Å². The van der Waals surface area contributed by atoms with Gasteiger partial charge in [0.15, 0.2) is 0 Å². The minimum Gasteiger partial charge on any atom is -0.478 e. The monoisotopic (exact) mass is 201 g/mol. The Morgan fingerprint density at radius 1 is 1.36 bits per heavy atom. The number of aliphatic carboxylic acids is 1. The second kappa shape index (κ2) is 6.15. The molecule has 0 aromatic heterocycles. The van der Waals surface area contributed by atoms with Gasteiger partial charge in [0.1, 0.15) is 0 Å². The molecule has 2 atom stereocenters. The van der Waals surface area contributed by atoms with Gasteiger partial charge in [-0.05, 0) is 20.3 Å². The highest BCUT2D eigenvalue weighted by Crippen LogP contribution is 1.96. The van der Waals surface area contributed by atoms with E-state index in [1.54, 1.807) is 13.8 Å². The maximum Gasteiger partial charge on any atom is 0.328 e. The van der Waals surface area contributed by atoms with Crippen LogP contribution in [0.15, 0.2) is 12.2 Å². The van der Waals surface area contributed by atoms with E-state index in [0.29, 0.717) is 6.42 Å². The number of nitrogens with one attached hydrogen (secondary N) is 1. The third-order valence-electron chi connectivity index (χ3n) is 1.46. The van der Waals surface area contributed by atoms with E-state index >= 15 is 0 Å². The molecule has 1 amide bonds. The number of carbonyl (C=O) groups excluding carboxylic acids is 1. The summed E-state index contributed by atoms with van der Waals surface area (Å²) >= 11 is 0. The first-order chi connectivity index (χ1) is 6.41. The van der Waals surface area contributed by atoms with Gasteiger partial charge in [-0.1, -0.05) is 0 Å². The molecule has 0 aliphatic rings. The fourth-order valence-electron chi connectivity index (χ4n) is 1.01. The normalized spacial score (nSPS) is 15.1. The van der Waals surface area contributed by atoms with Crippen LogP contribution in [0.3, 0.4) is 0 Å². The molecule has 0 saturated carbocycles. The highest BCUT2D eigenvalue weighted by molar-refractivity contribution is 5.93. The van der Waals surface area contributed by atoms with E-state index in [1.807, 2.05) is 0 Å². The smallest absolute Gasteiger partial charge is 0.328 e. The van der Waals surface area contributed by atoms with Gasteiger partial charge < -0.3 is 15.5 Å². The first kappa shape index (κ1) is 12.6. The molecule has 0 saturated heterocycles. The third kappa shape index (κ3) is 7.30. The molecule has 80 valence electrons. The first-order valence-electron chi connectivity index (χ1n) is 4.31. The van der Waals surface area contributed by atoms with Gasteiger partial charge in [0.25, 0.3) is 0 Å². The van der Waals surface area contributed by atoms with Crippen LogP contribution in [0.4, 0.5) is 0 Å². The van der Waals surface area contributed by atoms with Gasteiger partial charge in [0.2, 0.25) is 5.91 Å². The number of carboxylic acids is 1. The zero-order chi connectivity index (χ0) is 11.1. The summed E-state index contributed by atoms with van der Waals surface area (Å²) in [5.41, 5.74) is 0. The van der Waals surface area contributed by atoms with Gasteiger partial charge in [0, 0.05) is 18.2 Å². The van der Waals surface area contributed by atoms with Crippen LogP contribution in [0.25, 0.3) is 0 Å². The summed E-state index contributed by atoms with van der Waals surface area (Å²) in [7, 11) is 0. The Morgan fingerprint density at radius 3 is 2.36 bits per heavy atom. The molecule has 0 fully saturated rings. The van der Waals surface area contributed by atoms with Gasteiger partial charge in [0.05, 0.1) is 6.10 Å². The molecule has 0 radical (unpaired) electrons. The van der Waals surface area contributed by atoms with Crippen molar-refractivity contribution in [1.29, 1.82) is 0 Å². The zero-order valence-corrected chi connectivity index (χ0v) is 8.23. The van der Waals surface area contributed by atoms with Crippen LogP contribution >= 0.6 is 0 Å². The predicted molar refractivity (Wildman–Crippen MR) is 50.7 cm³/mol. The molecule has 0 aromatic rings. The van der Waals surface area contributed by atoms with Crippen LogP contribution in [0.5, 0.6) is 0 Å². The molecule has 0 aromatic carbocycles. The number of hydrogen-bond donors (Lipinski definition) is 3. The first-order valence-corrected chi connectivity index (χ1v) is 4.31. The van der Waals surface area contributed by atoms with Gasteiger partial charge in [-0.25, -0.2) is 4.79 Å². The summed E-state index contributed by atoms with van der Waals surface area (Å²) in [6, 6.07) is -0.180. The molecule has 0 spiro atoms. The molecular weight excluding hydrogens is 186 g/mol. The SMILES string of the molecule is CC(O)CC(C)NC(=O)/C=C/C(=O)O. The lowest BCUT2D eigenvalue weighted by Crippen LogP contribution is -2.33. The molecule has 0 bridgehead atoms. The number of aliphatic hydroxyl groups excluding tert-OH is 1. The van der Waals surface area contributed by atoms with Gasteiger partial charge >= 0.3 is 5.97 Å². The molecule has 0 rings (SSSR count). The minimum atomic E-state index is -1.16. The van der Waals surface area contributed by atoms with E-state index < -0.39 is 18.0 Å². The number of carbonyl (C=O) groups is 2. The summed E-state index contributed by atoms with van der Waals surface area (Å²) in [6.07, 6.45) is 1.66. The van der Waals surface area contributed by atoms with E-state index in [-0.39, 0.29) is 6.04 Å². The maximum absolute atomic E-state index is 11.0. The van der Waals surface area contributed by atoms with Gasteiger partial charge in [-0.3, -0.25) is 4.79 Å². The van der Waals surface area contributed by atoms with E-state index in [1.165, 1.54) is 0 Å². The lowest BCUT2D eigenvalue weighted by Gasteiger charge is -2.13. The molecule has 5 nitrogen and oxygen atoms in total. The summed E-state index contributed by atoms with van der Waals surface area (Å²) in [4.78, 5) is 21.1. The quantitative estimate of drug-likeness (QED) is 0.542. The molecule has 5 heteroatoms. The number of rotatable bonds is 5. The van der Waals surface area contributed by atoms with Crippen LogP contribution in [-0.4, -0.2) is 34.2 Å². The standard InChI is InChI=1S/C9H15NO4/c1-6(5-7(2)11)10-8(12)3-4-9(13)14/h3-4,6-7,11H,5H2,1-2H3,(H,10,12)(H,13,14)/b4-3+. The molecule has 2 unspecified atom stereocenters. The summed E-state index contributed by atoms with van der Waals surface area (Å²) < 4.78 is 0. The van der Waals surface area contributed by atoms with Crippen molar-refractivity contribution in [3.63, 3.8) is 0 Å². The Hall–Kier alpha value is -1.36. The molecule has 3 N–H and O–H groups in total. The topological polar surface area (TPSA) is 86.6 Å². The molecule has 0 aliphatic carbocycles. The molecule has 0 heterocycles. The fourth-order valence-corrected chi connectivity index (χ4v) is 1.01.